The maximum Gasteiger partial charge on any atom is 0.212 e. The van der Waals surface area contributed by atoms with Crippen LogP contribution in [0.4, 0.5) is 0 Å². The van der Waals surface area contributed by atoms with Crippen molar-refractivity contribution in [3.8, 4) is 0 Å². The summed E-state index contributed by atoms with van der Waals surface area (Å²) in [6, 6.07) is 0. The van der Waals surface area contributed by atoms with E-state index in [1.165, 1.54) is 0 Å². The lowest BCUT2D eigenvalue weighted by Gasteiger charge is -2.37. The van der Waals surface area contributed by atoms with Gasteiger partial charge in [0.1, 0.15) is 24.2 Å². The predicted molar refractivity (Wildman–Crippen MR) is 126 cm³/mol. The number of hydrogen-bond donors (Lipinski definition) is 0. The van der Waals surface area contributed by atoms with Crippen molar-refractivity contribution in [2.24, 2.45) is 31.8 Å². The number of ether oxygens (including phenoxy) is 4. The van der Waals surface area contributed by atoms with Crippen molar-refractivity contribution in [2.45, 2.75) is 70.9 Å². The zero-order valence-corrected chi connectivity index (χ0v) is 20.5. The molecule has 176 valence electrons. The van der Waals surface area contributed by atoms with Crippen molar-refractivity contribution in [3.63, 3.8) is 0 Å². The van der Waals surface area contributed by atoms with Crippen LogP contribution in [0.15, 0.2) is 20.0 Å². The molecule has 0 amide bonds. The van der Waals surface area contributed by atoms with Crippen LogP contribution in [0.1, 0.15) is 59.8 Å². The molecule has 0 bridgehead atoms. The molecule has 0 aliphatic carbocycles. The van der Waals surface area contributed by atoms with E-state index in [1.54, 1.807) is 28.4 Å². The van der Waals surface area contributed by atoms with Gasteiger partial charge in [0.15, 0.2) is 0 Å². The average molecular weight is 437 g/mol. The van der Waals surface area contributed by atoms with Crippen LogP contribution in [0, 0.1) is 11.8 Å². The Morgan fingerprint density at radius 2 is 1.03 bits per heavy atom. The number of methoxy groups -OCH3 is 4. The molecule has 0 aromatic rings. The Bertz CT molecular complexity index is 669. The van der Waals surface area contributed by atoms with E-state index in [-0.39, 0.29) is 11.8 Å². The minimum absolute atomic E-state index is 0.248. The molecule has 0 aromatic carbocycles. The summed E-state index contributed by atoms with van der Waals surface area (Å²) in [5.74, 6) is 3.24. The standard InChI is InChI=1S/C23H40N4O4/c1-16(2)22(20(30-7)24-14-18(26-22)28-5)12-10-9-11-13-23(17(3)4)21(31-8)25-15-19(27-23)29-6/h16-17H,9-15H2,1-8H3. The minimum Gasteiger partial charge on any atom is -0.483 e. The largest absolute Gasteiger partial charge is 0.483 e. The Balaban J connectivity index is 2.08. The van der Waals surface area contributed by atoms with Gasteiger partial charge >= 0.3 is 0 Å². The quantitative estimate of drug-likeness (QED) is 0.540. The van der Waals surface area contributed by atoms with Gasteiger partial charge in [-0.15, -0.1) is 0 Å². The van der Waals surface area contributed by atoms with Gasteiger partial charge in [-0.05, 0) is 24.7 Å². The van der Waals surface area contributed by atoms with Crippen LogP contribution in [0.2, 0.25) is 0 Å². The Labute approximate surface area is 187 Å². The normalized spacial score (nSPS) is 26.1. The summed E-state index contributed by atoms with van der Waals surface area (Å²) in [4.78, 5) is 19.0. The summed E-state index contributed by atoms with van der Waals surface area (Å²) in [5.41, 5.74) is -0.946. The van der Waals surface area contributed by atoms with E-state index in [0.717, 1.165) is 32.1 Å². The molecule has 8 heteroatoms. The molecule has 2 atom stereocenters. The second-order valence-corrected chi connectivity index (χ2v) is 8.79. The fraction of sp³-hybridized carbons (Fsp3) is 0.826. The number of aliphatic imine (C=N–C) groups is 4. The van der Waals surface area contributed by atoms with Crippen molar-refractivity contribution in [1.29, 1.82) is 0 Å². The summed E-state index contributed by atoms with van der Waals surface area (Å²) in [6.07, 6.45) is 4.74. The smallest absolute Gasteiger partial charge is 0.212 e. The van der Waals surface area contributed by atoms with Crippen molar-refractivity contribution >= 4 is 23.6 Å². The van der Waals surface area contributed by atoms with E-state index in [2.05, 4.69) is 37.7 Å². The summed E-state index contributed by atoms with van der Waals surface area (Å²) >= 11 is 0. The molecule has 2 aliphatic heterocycles. The first-order valence-electron chi connectivity index (χ1n) is 11.2. The average Bonchev–Trinajstić information content (AvgIpc) is 2.77. The third-order valence-corrected chi connectivity index (χ3v) is 6.49. The van der Waals surface area contributed by atoms with Gasteiger partial charge in [-0.25, -0.2) is 20.0 Å². The molecule has 2 heterocycles. The Morgan fingerprint density at radius 3 is 1.32 bits per heavy atom. The lowest BCUT2D eigenvalue weighted by Crippen LogP contribution is -2.47. The van der Waals surface area contributed by atoms with Gasteiger partial charge in [-0.1, -0.05) is 47.0 Å². The third kappa shape index (κ3) is 5.21. The van der Waals surface area contributed by atoms with Crippen LogP contribution in [-0.4, -0.2) is 76.2 Å². The summed E-state index contributed by atoms with van der Waals surface area (Å²) in [5, 5.41) is 0. The molecule has 0 aromatic heterocycles. The predicted octanol–water partition coefficient (Wildman–Crippen LogP) is 3.93. The maximum absolute atomic E-state index is 5.64. The van der Waals surface area contributed by atoms with Crippen LogP contribution in [-0.2, 0) is 18.9 Å². The monoisotopic (exact) mass is 436 g/mol. The van der Waals surface area contributed by atoms with Crippen molar-refractivity contribution in [2.75, 3.05) is 41.5 Å². The van der Waals surface area contributed by atoms with Crippen molar-refractivity contribution < 1.29 is 18.9 Å². The number of nitrogens with zero attached hydrogens (tertiary/aromatic N) is 4. The van der Waals surface area contributed by atoms with E-state index < -0.39 is 11.1 Å². The Kier molecular flexibility index (Phi) is 8.89. The van der Waals surface area contributed by atoms with E-state index in [4.69, 9.17) is 28.9 Å². The van der Waals surface area contributed by atoms with E-state index in [1.807, 2.05) is 0 Å². The number of hydrogen-bond acceptors (Lipinski definition) is 8. The van der Waals surface area contributed by atoms with Crippen LogP contribution < -0.4 is 0 Å². The molecule has 0 fully saturated rings. The topological polar surface area (TPSA) is 86.4 Å². The second kappa shape index (κ2) is 11.0. The number of rotatable bonds is 8. The highest BCUT2D eigenvalue weighted by atomic mass is 16.5. The SMILES string of the molecule is COC1=NC(CCCCCC2(C(C)C)N=C(OC)CN=C2OC)(C(C)C)C(OC)=NC1. The highest BCUT2D eigenvalue weighted by molar-refractivity contribution is 5.96. The molecule has 2 unspecified atom stereocenters. The Morgan fingerprint density at radius 1 is 0.645 bits per heavy atom. The lowest BCUT2D eigenvalue weighted by molar-refractivity contribution is 0.259. The van der Waals surface area contributed by atoms with Gasteiger partial charge in [-0.2, -0.15) is 0 Å². The first kappa shape index (κ1) is 25.1. The molecule has 2 rings (SSSR count). The molecule has 0 saturated heterocycles. The van der Waals surface area contributed by atoms with Crippen molar-refractivity contribution in [1.82, 2.24) is 0 Å². The highest BCUT2D eigenvalue weighted by Crippen LogP contribution is 2.36. The number of unbranched alkanes of at least 4 members (excludes halogenated alkanes) is 2. The fourth-order valence-electron chi connectivity index (χ4n) is 4.49. The van der Waals surface area contributed by atoms with Gasteiger partial charge in [0.05, 0.1) is 28.4 Å². The van der Waals surface area contributed by atoms with Crippen molar-refractivity contribution in [3.05, 3.63) is 0 Å². The van der Waals surface area contributed by atoms with Gasteiger partial charge < -0.3 is 18.9 Å². The van der Waals surface area contributed by atoms with Gasteiger partial charge in [0, 0.05) is 0 Å². The first-order valence-corrected chi connectivity index (χ1v) is 11.2. The van der Waals surface area contributed by atoms with E-state index >= 15 is 0 Å². The molecular formula is C23H40N4O4. The van der Waals surface area contributed by atoms with E-state index in [0.29, 0.717) is 36.7 Å². The minimum atomic E-state index is -0.473. The van der Waals surface area contributed by atoms with Crippen LogP contribution in [0.25, 0.3) is 0 Å². The second-order valence-electron chi connectivity index (χ2n) is 8.79. The maximum atomic E-state index is 5.64. The third-order valence-electron chi connectivity index (χ3n) is 6.49. The first-order chi connectivity index (χ1) is 14.8. The lowest BCUT2D eigenvalue weighted by atomic mass is 9.79. The summed E-state index contributed by atoms with van der Waals surface area (Å²) < 4.78 is 22.1. The molecular weight excluding hydrogens is 396 g/mol. The highest BCUT2D eigenvalue weighted by Gasteiger charge is 2.44. The molecule has 8 nitrogen and oxygen atoms in total. The summed E-state index contributed by atoms with van der Waals surface area (Å²) in [6.45, 7) is 9.51. The van der Waals surface area contributed by atoms with Crippen LogP contribution in [0.5, 0.6) is 0 Å². The molecule has 0 radical (unpaired) electrons. The molecule has 2 aliphatic rings. The summed E-state index contributed by atoms with van der Waals surface area (Å²) in [7, 11) is 6.65. The van der Waals surface area contributed by atoms with Gasteiger partial charge in [0.25, 0.3) is 0 Å². The van der Waals surface area contributed by atoms with E-state index in [9.17, 15) is 0 Å². The van der Waals surface area contributed by atoms with Crippen LogP contribution >= 0.6 is 0 Å². The molecule has 0 spiro atoms. The Hall–Kier alpha value is -2.12. The molecule has 0 N–H and O–H groups in total. The fourth-order valence-corrected chi connectivity index (χ4v) is 4.49. The van der Waals surface area contributed by atoms with Gasteiger partial charge in [-0.3, -0.25) is 0 Å². The van der Waals surface area contributed by atoms with Gasteiger partial charge in [0.2, 0.25) is 23.6 Å². The zero-order chi connectivity index (χ0) is 23.1. The van der Waals surface area contributed by atoms with Crippen LogP contribution in [0.3, 0.4) is 0 Å². The molecule has 31 heavy (non-hydrogen) atoms. The molecule has 0 saturated carbocycles. The zero-order valence-electron chi connectivity index (χ0n) is 20.5.